The smallest absolute Gasteiger partial charge is 0.246 e. The maximum atomic E-state index is 11.8. The topological polar surface area (TPSA) is 44.4 Å². The number of carbonyl (C=O) groups excluding carboxylic acids is 1. The van der Waals surface area contributed by atoms with Gasteiger partial charge >= 0.3 is 0 Å². The van der Waals surface area contributed by atoms with Crippen LogP contribution in [0.5, 0.6) is 0 Å². The minimum Gasteiger partial charge on any atom is -0.374 e. The average molecular weight is 284 g/mol. The Morgan fingerprint density at radius 2 is 2.38 bits per heavy atom. The molecule has 0 bridgehead atoms. The number of rotatable bonds is 3. The summed E-state index contributed by atoms with van der Waals surface area (Å²) in [5, 5.41) is 6.17. The van der Waals surface area contributed by atoms with Crippen LogP contribution in [0.25, 0.3) is 0 Å². The molecule has 1 aliphatic rings. The number of likely N-dealkylation sites (N-methyl/N-ethyl adjacent to an activating group) is 1. The molecular weight excluding hydrogens is 270 g/mol. The summed E-state index contributed by atoms with van der Waals surface area (Å²) in [5.74, 6) is 0.116. The zero-order chi connectivity index (χ0) is 11.5. The lowest BCUT2D eigenvalue weighted by Crippen LogP contribution is -2.42. The van der Waals surface area contributed by atoms with Crippen LogP contribution in [0, 0.1) is 0 Å². The maximum absolute atomic E-state index is 11.8. The Hall–Kier alpha value is -1.07. The number of benzene rings is 1. The number of nitrogens with one attached hydrogen (secondary N) is 2. The van der Waals surface area contributed by atoms with Crippen molar-refractivity contribution < 1.29 is 4.79 Å². The van der Waals surface area contributed by atoms with E-state index in [1.54, 1.807) is 0 Å². The van der Waals surface area contributed by atoms with Crippen LogP contribution >= 0.6 is 15.9 Å². The third kappa shape index (κ3) is 2.20. The first kappa shape index (κ1) is 11.4. The van der Waals surface area contributed by atoms with Crippen molar-refractivity contribution in [1.82, 2.24) is 5.32 Å². The number of carbonyl (C=O) groups is 1. The SMILES string of the molecule is CNCCN1C(=O)CNc2cc(Br)ccc21. The molecule has 0 saturated carbocycles. The summed E-state index contributed by atoms with van der Waals surface area (Å²) in [6, 6.07) is 5.90. The van der Waals surface area contributed by atoms with Crippen LogP contribution in [0.1, 0.15) is 0 Å². The van der Waals surface area contributed by atoms with Crippen LogP contribution in [-0.2, 0) is 4.79 Å². The highest BCUT2D eigenvalue weighted by Gasteiger charge is 2.22. The molecule has 1 aromatic rings. The van der Waals surface area contributed by atoms with Gasteiger partial charge in [-0.15, -0.1) is 0 Å². The predicted molar refractivity (Wildman–Crippen MR) is 68.9 cm³/mol. The Morgan fingerprint density at radius 3 is 3.12 bits per heavy atom. The van der Waals surface area contributed by atoms with Gasteiger partial charge in [0, 0.05) is 17.6 Å². The molecule has 1 aliphatic heterocycles. The first-order valence-electron chi connectivity index (χ1n) is 5.21. The van der Waals surface area contributed by atoms with Crippen molar-refractivity contribution in [3.63, 3.8) is 0 Å². The molecule has 5 heteroatoms. The van der Waals surface area contributed by atoms with E-state index in [-0.39, 0.29) is 5.91 Å². The highest BCUT2D eigenvalue weighted by atomic mass is 79.9. The molecule has 4 nitrogen and oxygen atoms in total. The summed E-state index contributed by atoms with van der Waals surface area (Å²) in [4.78, 5) is 13.6. The van der Waals surface area contributed by atoms with Crippen LogP contribution in [-0.4, -0.2) is 32.6 Å². The largest absolute Gasteiger partial charge is 0.374 e. The molecular formula is C11H14BrN3O. The summed E-state index contributed by atoms with van der Waals surface area (Å²) < 4.78 is 1.02. The van der Waals surface area contributed by atoms with Crippen molar-refractivity contribution >= 4 is 33.2 Å². The molecule has 0 fully saturated rings. The Bertz CT molecular complexity index is 408. The van der Waals surface area contributed by atoms with E-state index in [1.807, 2.05) is 30.1 Å². The van der Waals surface area contributed by atoms with E-state index < -0.39 is 0 Å². The van der Waals surface area contributed by atoms with Gasteiger partial charge in [0.25, 0.3) is 0 Å². The lowest BCUT2D eigenvalue weighted by Gasteiger charge is -2.30. The van der Waals surface area contributed by atoms with Gasteiger partial charge in [0.15, 0.2) is 0 Å². The highest BCUT2D eigenvalue weighted by molar-refractivity contribution is 9.10. The van der Waals surface area contributed by atoms with Gasteiger partial charge in [0.1, 0.15) is 0 Å². The van der Waals surface area contributed by atoms with Crippen molar-refractivity contribution in [1.29, 1.82) is 0 Å². The zero-order valence-electron chi connectivity index (χ0n) is 9.09. The number of amides is 1. The molecule has 0 saturated heterocycles. The Morgan fingerprint density at radius 1 is 1.56 bits per heavy atom. The minimum atomic E-state index is 0.116. The lowest BCUT2D eigenvalue weighted by molar-refractivity contribution is -0.117. The molecule has 0 spiro atoms. The molecule has 1 heterocycles. The number of hydrogen-bond donors (Lipinski definition) is 2. The van der Waals surface area contributed by atoms with Crippen LogP contribution < -0.4 is 15.5 Å². The average Bonchev–Trinajstić information content (AvgIpc) is 2.28. The molecule has 1 aromatic carbocycles. The molecule has 0 radical (unpaired) electrons. The fourth-order valence-corrected chi connectivity index (χ4v) is 2.12. The first-order valence-corrected chi connectivity index (χ1v) is 6.00. The van der Waals surface area contributed by atoms with Crippen molar-refractivity contribution in [2.75, 3.05) is 36.9 Å². The predicted octanol–water partition coefficient (Wildman–Crippen LogP) is 1.43. The van der Waals surface area contributed by atoms with Gasteiger partial charge in [-0.1, -0.05) is 15.9 Å². The Labute approximate surface area is 103 Å². The summed E-state index contributed by atoms with van der Waals surface area (Å²) in [6.07, 6.45) is 0. The summed E-state index contributed by atoms with van der Waals surface area (Å²) in [5.41, 5.74) is 1.96. The second-order valence-corrected chi connectivity index (χ2v) is 4.58. The van der Waals surface area contributed by atoms with E-state index in [0.29, 0.717) is 13.1 Å². The molecule has 1 amide bonds. The van der Waals surface area contributed by atoms with Crippen LogP contribution in [0.15, 0.2) is 22.7 Å². The van der Waals surface area contributed by atoms with E-state index >= 15 is 0 Å². The molecule has 2 N–H and O–H groups in total. The van der Waals surface area contributed by atoms with Crippen LogP contribution in [0.3, 0.4) is 0 Å². The second kappa shape index (κ2) is 4.84. The minimum absolute atomic E-state index is 0.116. The lowest BCUT2D eigenvalue weighted by atomic mass is 10.2. The number of hydrogen-bond acceptors (Lipinski definition) is 3. The molecule has 86 valence electrons. The fourth-order valence-electron chi connectivity index (χ4n) is 1.75. The van der Waals surface area contributed by atoms with Crippen molar-refractivity contribution in [3.8, 4) is 0 Å². The summed E-state index contributed by atoms with van der Waals surface area (Å²) in [6.45, 7) is 1.86. The van der Waals surface area contributed by atoms with E-state index in [1.165, 1.54) is 0 Å². The van der Waals surface area contributed by atoms with E-state index in [4.69, 9.17) is 0 Å². The molecule has 0 aliphatic carbocycles. The fraction of sp³-hybridized carbons (Fsp3) is 0.364. The van der Waals surface area contributed by atoms with Crippen molar-refractivity contribution in [2.24, 2.45) is 0 Å². The monoisotopic (exact) mass is 283 g/mol. The van der Waals surface area contributed by atoms with Gasteiger partial charge in [-0.3, -0.25) is 4.79 Å². The second-order valence-electron chi connectivity index (χ2n) is 3.66. The molecule has 2 rings (SSSR count). The van der Waals surface area contributed by atoms with Crippen molar-refractivity contribution in [3.05, 3.63) is 22.7 Å². The third-order valence-corrected chi connectivity index (χ3v) is 3.06. The van der Waals surface area contributed by atoms with Gasteiger partial charge in [0.05, 0.1) is 17.9 Å². The van der Waals surface area contributed by atoms with Gasteiger partial charge in [-0.05, 0) is 25.2 Å². The van der Waals surface area contributed by atoms with E-state index in [2.05, 4.69) is 26.6 Å². The van der Waals surface area contributed by atoms with Crippen LogP contribution in [0.4, 0.5) is 11.4 Å². The van der Waals surface area contributed by atoms with Gasteiger partial charge < -0.3 is 15.5 Å². The number of nitrogens with zero attached hydrogens (tertiary/aromatic N) is 1. The Kier molecular flexibility index (Phi) is 3.46. The number of halogens is 1. The zero-order valence-corrected chi connectivity index (χ0v) is 10.7. The van der Waals surface area contributed by atoms with Crippen LogP contribution in [0.2, 0.25) is 0 Å². The molecule has 0 aromatic heterocycles. The van der Waals surface area contributed by atoms with Gasteiger partial charge in [-0.25, -0.2) is 0 Å². The summed E-state index contributed by atoms with van der Waals surface area (Å²) in [7, 11) is 1.88. The van der Waals surface area contributed by atoms with E-state index in [9.17, 15) is 4.79 Å². The molecule has 16 heavy (non-hydrogen) atoms. The third-order valence-electron chi connectivity index (χ3n) is 2.57. The Balaban J connectivity index is 2.29. The standard InChI is InChI=1S/C11H14BrN3O/c1-13-4-5-15-10-3-2-8(12)6-9(10)14-7-11(15)16/h2-3,6,13-14H,4-5,7H2,1H3. The highest BCUT2D eigenvalue weighted by Crippen LogP contribution is 2.31. The molecule has 0 unspecified atom stereocenters. The van der Waals surface area contributed by atoms with Gasteiger partial charge in [-0.2, -0.15) is 0 Å². The van der Waals surface area contributed by atoms with Crippen molar-refractivity contribution in [2.45, 2.75) is 0 Å². The summed E-state index contributed by atoms with van der Waals surface area (Å²) >= 11 is 3.42. The maximum Gasteiger partial charge on any atom is 0.246 e. The van der Waals surface area contributed by atoms with Gasteiger partial charge in [0.2, 0.25) is 5.91 Å². The first-order chi connectivity index (χ1) is 7.72. The van der Waals surface area contributed by atoms with E-state index in [0.717, 1.165) is 22.4 Å². The quantitative estimate of drug-likeness (QED) is 0.882. The molecule has 0 atom stereocenters. The normalized spacial score (nSPS) is 14.6. The number of fused-ring (bicyclic) bond motifs is 1. The number of anilines is 2.